The van der Waals surface area contributed by atoms with Gasteiger partial charge in [0.25, 0.3) is 0 Å². The molecule has 1 amide bonds. The van der Waals surface area contributed by atoms with Crippen molar-refractivity contribution in [3.05, 3.63) is 65.2 Å². The average molecular weight is 346 g/mol. The predicted octanol–water partition coefficient (Wildman–Crippen LogP) is 1.08. The zero-order valence-corrected chi connectivity index (χ0v) is 13.6. The summed E-state index contributed by atoms with van der Waals surface area (Å²) in [6.07, 6.45) is -3.16. The van der Waals surface area contributed by atoms with Crippen LogP contribution in [-0.4, -0.2) is 34.1 Å². The minimum atomic E-state index is -1.24. The lowest BCUT2D eigenvalue weighted by molar-refractivity contribution is 0.0183. The number of benzene rings is 2. The molecule has 2 aromatic rings. The van der Waals surface area contributed by atoms with Gasteiger partial charge in [-0.15, -0.1) is 0 Å². The molecule has 25 heavy (non-hydrogen) atoms. The van der Waals surface area contributed by atoms with Crippen molar-refractivity contribution < 1.29 is 24.9 Å². The molecule has 0 bridgehead atoms. The van der Waals surface area contributed by atoms with Gasteiger partial charge in [0.1, 0.15) is 18.8 Å². The van der Waals surface area contributed by atoms with E-state index in [0.717, 1.165) is 5.56 Å². The monoisotopic (exact) mass is 346 g/mol. The van der Waals surface area contributed by atoms with Gasteiger partial charge in [-0.2, -0.15) is 0 Å². The van der Waals surface area contributed by atoms with Crippen LogP contribution in [0.4, 0.5) is 10.5 Å². The summed E-state index contributed by atoms with van der Waals surface area (Å²) in [5, 5.41) is 31.8. The Morgan fingerprint density at radius 2 is 1.88 bits per heavy atom. The molecule has 0 spiro atoms. The smallest absolute Gasteiger partial charge is 0.407 e. The van der Waals surface area contributed by atoms with Crippen LogP contribution in [0.15, 0.2) is 48.5 Å². The van der Waals surface area contributed by atoms with Crippen LogP contribution in [0.2, 0.25) is 0 Å². The minimum Gasteiger partial charge on any atom is -0.445 e. The fourth-order valence-corrected chi connectivity index (χ4v) is 2.24. The van der Waals surface area contributed by atoms with Crippen LogP contribution in [0, 0.1) is 0 Å². The second-order valence-corrected chi connectivity index (χ2v) is 5.57. The Morgan fingerprint density at radius 1 is 1.16 bits per heavy atom. The SMILES string of the molecule is Nc1ccc(C(O)C(O)CNC(=O)OCc2ccccc2)cc1CO. The van der Waals surface area contributed by atoms with Gasteiger partial charge in [-0.1, -0.05) is 36.4 Å². The maximum atomic E-state index is 11.6. The highest BCUT2D eigenvalue weighted by molar-refractivity contribution is 5.67. The number of anilines is 1. The fourth-order valence-electron chi connectivity index (χ4n) is 2.24. The standard InChI is InChI=1S/C18H22N2O5/c19-15-7-6-13(8-14(15)10-21)17(23)16(22)9-20-18(24)25-11-12-4-2-1-3-5-12/h1-8,16-17,21-23H,9-11,19H2,(H,20,24). The Labute approximate surface area is 145 Å². The van der Waals surface area contributed by atoms with Crippen molar-refractivity contribution in [2.24, 2.45) is 0 Å². The average Bonchev–Trinajstić information content (AvgIpc) is 2.65. The zero-order chi connectivity index (χ0) is 18.2. The molecular weight excluding hydrogens is 324 g/mol. The van der Waals surface area contributed by atoms with E-state index in [1.54, 1.807) is 12.1 Å². The molecule has 0 heterocycles. The Bertz CT molecular complexity index is 693. The highest BCUT2D eigenvalue weighted by Gasteiger charge is 2.20. The van der Waals surface area contributed by atoms with E-state index in [9.17, 15) is 20.1 Å². The summed E-state index contributed by atoms with van der Waals surface area (Å²) in [6.45, 7) is -0.344. The van der Waals surface area contributed by atoms with Gasteiger partial charge in [-0.25, -0.2) is 4.79 Å². The van der Waals surface area contributed by atoms with Crippen LogP contribution in [0.1, 0.15) is 22.8 Å². The largest absolute Gasteiger partial charge is 0.445 e. The van der Waals surface area contributed by atoms with E-state index in [-0.39, 0.29) is 19.8 Å². The quantitative estimate of drug-likeness (QED) is 0.478. The number of hydrogen-bond acceptors (Lipinski definition) is 6. The molecule has 0 saturated carbocycles. The Kier molecular flexibility index (Phi) is 6.76. The first-order valence-corrected chi connectivity index (χ1v) is 7.81. The maximum Gasteiger partial charge on any atom is 0.407 e. The molecule has 2 aromatic carbocycles. The lowest BCUT2D eigenvalue weighted by Crippen LogP contribution is -2.35. The van der Waals surface area contributed by atoms with Gasteiger partial charge in [-0.05, 0) is 23.3 Å². The summed E-state index contributed by atoms with van der Waals surface area (Å²) >= 11 is 0. The number of amides is 1. The van der Waals surface area contributed by atoms with Crippen LogP contribution >= 0.6 is 0 Å². The Hall–Kier alpha value is -2.61. The number of carbonyl (C=O) groups is 1. The summed E-state index contributed by atoms with van der Waals surface area (Å²) in [7, 11) is 0. The van der Waals surface area contributed by atoms with Gasteiger partial charge in [0.15, 0.2) is 0 Å². The number of aliphatic hydroxyl groups excluding tert-OH is 3. The lowest BCUT2D eigenvalue weighted by atomic mass is 10.0. The normalized spacial score (nSPS) is 13.1. The van der Waals surface area contributed by atoms with Gasteiger partial charge in [0.2, 0.25) is 0 Å². The van der Waals surface area contributed by atoms with E-state index >= 15 is 0 Å². The maximum absolute atomic E-state index is 11.6. The van der Waals surface area contributed by atoms with Crippen molar-refractivity contribution in [2.75, 3.05) is 12.3 Å². The Balaban J connectivity index is 1.82. The molecule has 0 saturated heterocycles. The predicted molar refractivity (Wildman–Crippen MR) is 92.4 cm³/mol. The summed E-state index contributed by atoms with van der Waals surface area (Å²) in [6, 6.07) is 13.8. The van der Waals surface area contributed by atoms with Crippen molar-refractivity contribution in [3.8, 4) is 0 Å². The molecule has 0 aliphatic carbocycles. The molecule has 2 rings (SSSR count). The molecule has 0 radical (unpaired) electrons. The third kappa shape index (κ3) is 5.46. The molecule has 0 aliphatic rings. The molecule has 2 atom stereocenters. The number of nitrogens with one attached hydrogen (secondary N) is 1. The Morgan fingerprint density at radius 3 is 2.56 bits per heavy atom. The van der Waals surface area contributed by atoms with Gasteiger partial charge in [-0.3, -0.25) is 0 Å². The summed E-state index contributed by atoms with van der Waals surface area (Å²) in [5.41, 5.74) is 7.77. The number of nitrogens with two attached hydrogens (primary N) is 1. The summed E-state index contributed by atoms with van der Waals surface area (Å²) < 4.78 is 5.02. The van der Waals surface area contributed by atoms with Gasteiger partial charge < -0.3 is 31.1 Å². The van der Waals surface area contributed by atoms with Crippen molar-refractivity contribution >= 4 is 11.8 Å². The first-order chi connectivity index (χ1) is 12.0. The number of aliphatic hydroxyl groups is 3. The second-order valence-electron chi connectivity index (χ2n) is 5.57. The highest BCUT2D eigenvalue weighted by atomic mass is 16.5. The van der Waals surface area contributed by atoms with Crippen LogP contribution in [0.5, 0.6) is 0 Å². The van der Waals surface area contributed by atoms with Crippen molar-refractivity contribution in [1.82, 2.24) is 5.32 Å². The number of ether oxygens (including phenoxy) is 1. The molecule has 0 fully saturated rings. The van der Waals surface area contributed by atoms with E-state index in [4.69, 9.17) is 10.5 Å². The van der Waals surface area contributed by atoms with Gasteiger partial charge in [0, 0.05) is 17.8 Å². The van der Waals surface area contributed by atoms with E-state index in [2.05, 4.69) is 5.32 Å². The van der Waals surface area contributed by atoms with E-state index in [1.807, 2.05) is 30.3 Å². The molecule has 134 valence electrons. The van der Waals surface area contributed by atoms with Crippen LogP contribution in [-0.2, 0) is 18.0 Å². The zero-order valence-electron chi connectivity index (χ0n) is 13.6. The first-order valence-electron chi connectivity index (χ1n) is 7.81. The van der Waals surface area contributed by atoms with Crippen LogP contribution in [0.25, 0.3) is 0 Å². The van der Waals surface area contributed by atoms with E-state index < -0.39 is 18.3 Å². The number of hydrogen-bond donors (Lipinski definition) is 5. The van der Waals surface area contributed by atoms with Gasteiger partial charge in [0.05, 0.1) is 6.61 Å². The molecule has 0 aliphatic heterocycles. The molecule has 6 N–H and O–H groups in total. The molecule has 2 unspecified atom stereocenters. The van der Waals surface area contributed by atoms with Crippen LogP contribution in [0.3, 0.4) is 0 Å². The molecule has 7 heteroatoms. The minimum absolute atomic E-state index is 0.114. The fraction of sp³-hybridized carbons (Fsp3) is 0.278. The summed E-state index contributed by atoms with van der Waals surface area (Å²) in [4.78, 5) is 11.6. The number of alkyl carbamates (subject to hydrolysis) is 1. The number of carbonyl (C=O) groups excluding carboxylic acids is 1. The molecule has 7 nitrogen and oxygen atoms in total. The van der Waals surface area contributed by atoms with Crippen molar-refractivity contribution in [1.29, 1.82) is 0 Å². The van der Waals surface area contributed by atoms with Gasteiger partial charge >= 0.3 is 6.09 Å². The third-order valence-corrected chi connectivity index (χ3v) is 3.71. The second kappa shape index (κ2) is 9.03. The molecular formula is C18H22N2O5. The molecule has 0 aromatic heterocycles. The number of nitrogen functional groups attached to an aromatic ring is 1. The highest BCUT2D eigenvalue weighted by Crippen LogP contribution is 2.22. The van der Waals surface area contributed by atoms with Crippen molar-refractivity contribution in [2.45, 2.75) is 25.4 Å². The first kappa shape index (κ1) is 18.7. The topological polar surface area (TPSA) is 125 Å². The van der Waals surface area contributed by atoms with E-state index in [1.165, 1.54) is 6.07 Å². The van der Waals surface area contributed by atoms with Crippen LogP contribution < -0.4 is 11.1 Å². The number of rotatable bonds is 7. The lowest BCUT2D eigenvalue weighted by Gasteiger charge is -2.19. The summed E-state index contributed by atoms with van der Waals surface area (Å²) in [5.74, 6) is 0. The third-order valence-electron chi connectivity index (χ3n) is 3.71. The van der Waals surface area contributed by atoms with Crippen molar-refractivity contribution in [3.63, 3.8) is 0 Å². The van der Waals surface area contributed by atoms with E-state index in [0.29, 0.717) is 16.8 Å².